The number of aromatic hydroxyl groups is 1. The van der Waals surface area contributed by atoms with Crippen LogP contribution in [0.4, 0.5) is 0 Å². The lowest BCUT2D eigenvalue weighted by atomic mass is 10.1. The molecule has 6 nitrogen and oxygen atoms in total. The molecule has 0 aliphatic heterocycles. The van der Waals surface area contributed by atoms with Crippen LogP contribution in [0.1, 0.15) is 27.0 Å². The molecule has 3 rings (SSSR count). The molecule has 0 unspecified atom stereocenters. The minimum absolute atomic E-state index is 0.0101. The lowest BCUT2D eigenvalue weighted by Crippen LogP contribution is -2.23. The van der Waals surface area contributed by atoms with Crippen LogP contribution >= 0.6 is 0 Å². The van der Waals surface area contributed by atoms with Gasteiger partial charge in [0.25, 0.3) is 5.91 Å². The van der Waals surface area contributed by atoms with Gasteiger partial charge in [-0.25, -0.2) is 4.79 Å². The average Bonchev–Trinajstić information content (AvgIpc) is 2.66. The molecule has 0 aliphatic rings. The number of rotatable bonds is 3. The second kappa shape index (κ2) is 7.77. The van der Waals surface area contributed by atoms with Gasteiger partial charge in [-0.15, -0.1) is 0 Å². The van der Waals surface area contributed by atoms with Crippen molar-refractivity contribution in [2.75, 3.05) is 6.61 Å². The number of fused-ring (bicyclic) bond motifs is 1. The topological polar surface area (TPSA) is 99.8 Å². The molecule has 0 saturated carbocycles. The number of benzene rings is 2. The average molecular weight is 363 g/mol. The van der Waals surface area contributed by atoms with Gasteiger partial charge in [0.05, 0.1) is 10.9 Å². The number of phenols is 1. The molecule has 0 atom stereocenters. The molecule has 6 heteroatoms. The highest BCUT2D eigenvalue weighted by atomic mass is 16.4. The van der Waals surface area contributed by atoms with Crippen molar-refractivity contribution >= 4 is 16.9 Å². The molecule has 0 fully saturated rings. The molecular formula is C21H17NO5. The van der Waals surface area contributed by atoms with Crippen molar-refractivity contribution < 1.29 is 19.4 Å². The van der Waals surface area contributed by atoms with Gasteiger partial charge in [-0.1, -0.05) is 41.7 Å². The third-order valence-corrected chi connectivity index (χ3v) is 4.01. The minimum Gasteiger partial charge on any atom is -0.506 e. The van der Waals surface area contributed by atoms with Crippen LogP contribution in [-0.2, 0) is 6.54 Å². The maximum absolute atomic E-state index is 12.4. The zero-order valence-corrected chi connectivity index (χ0v) is 14.6. The van der Waals surface area contributed by atoms with Crippen LogP contribution in [0, 0.1) is 18.8 Å². The summed E-state index contributed by atoms with van der Waals surface area (Å²) < 4.78 is 5.11. The first-order chi connectivity index (χ1) is 13.0. The predicted octanol–water partition coefficient (Wildman–Crippen LogP) is 2.08. The summed E-state index contributed by atoms with van der Waals surface area (Å²) in [4.78, 5) is 24.3. The number of carbonyl (C=O) groups is 1. The van der Waals surface area contributed by atoms with Crippen molar-refractivity contribution in [3.8, 4) is 17.6 Å². The lowest BCUT2D eigenvalue weighted by Gasteiger charge is -2.09. The third-order valence-electron chi connectivity index (χ3n) is 4.01. The third kappa shape index (κ3) is 4.00. The van der Waals surface area contributed by atoms with E-state index in [0.29, 0.717) is 6.54 Å². The van der Waals surface area contributed by atoms with Gasteiger partial charge in [-0.3, -0.25) is 4.79 Å². The quantitative estimate of drug-likeness (QED) is 0.489. The van der Waals surface area contributed by atoms with E-state index < -0.39 is 18.1 Å². The maximum Gasteiger partial charge on any atom is 0.352 e. The second-order valence-corrected chi connectivity index (χ2v) is 5.95. The largest absolute Gasteiger partial charge is 0.506 e. The fourth-order valence-electron chi connectivity index (χ4n) is 2.56. The predicted molar refractivity (Wildman–Crippen MR) is 100 cm³/mol. The van der Waals surface area contributed by atoms with Gasteiger partial charge in [-0.2, -0.15) is 0 Å². The van der Waals surface area contributed by atoms with E-state index in [-0.39, 0.29) is 27.8 Å². The molecule has 1 heterocycles. The maximum atomic E-state index is 12.4. The molecule has 136 valence electrons. The Morgan fingerprint density at radius 3 is 2.63 bits per heavy atom. The highest BCUT2D eigenvalue weighted by molar-refractivity contribution is 6.02. The number of amides is 1. The van der Waals surface area contributed by atoms with Gasteiger partial charge >= 0.3 is 5.63 Å². The Kier molecular flexibility index (Phi) is 5.25. The Labute approximate surface area is 155 Å². The highest BCUT2D eigenvalue weighted by Gasteiger charge is 2.16. The van der Waals surface area contributed by atoms with Crippen LogP contribution < -0.4 is 10.9 Å². The van der Waals surface area contributed by atoms with Crippen LogP contribution in [-0.4, -0.2) is 22.7 Å². The molecular weight excluding hydrogens is 346 g/mol. The van der Waals surface area contributed by atoms with Crippen molar-refractivity contribution in [3.05, 3.63) is 75.1 Å². The summed E-state index contributed by atoms with van der Waals surface area (Å²) in [6.45, 7) is 1.88. The fourth-order valence-corrected chi connectivity index (χ4v) is 2.56. The van der Waals surface area contributed by atoms with E-state index in [1.165, 1.54) is 18.2 Å². The van der Waals surface area contributed by atoms with E-state index in [2.05, 4.69) is 17.2 Å². The molecule has 0 saturated heterocycles. The number of carbonyl (C=O) groups excluding carboxylic acids is 1. The van der Waals surface area contributed by atoms with Gasteiger partial charge in [0, 0.05) is 6.54 Å². The van der Waals surface area contributed by atoms with Gasteiger partial charge in [0.15, 0.2) is 0 Å². The molecule has 2 aromatic carbocycles. The van der Waals surface area contributed by atoms with Crippen LogP contribution in [0.2, 0.25) is 0 Å². The normalized spacial score (nSPS) is 10.3. The number of aryl methyl sites for hydroxylation is 1. The van der Waals surface area contributed by atoms with E-state index in [4.69, 9.17) is 9.52 Å². The van der Waals surface area contributed by atoms with E-state index in [0.717, 1.165) is 11.1 Å². The summed E-state index contributed by atoms with van der Waals surface area (Å²) in [6.07, 6.45) is 0. The standard InChI is InChI=1S/C21H17NO5/c1-13-4-6-14(7-5-13)12-22-20(25)16-8-9-18-17(19(16)24)11-15(3-2-10-23)21(26)27-18/h4-9,11,23-24H,10,12H2,1H3,(H,22,25). The molecule has 1 aromatic heterocycles. The van der Waals surface area contributed by atoms with E-state index in [1.807, 2.05) is 31.2 Å². The summed E-state index contributed by atoms with van der Waals surface area (Å²) >= 11 is 0. The number of aliphatic hydroxyl groups excluding tert-OH is 1. The van der Waals surface area contributed by atoms with Crippen molar-refractivity contribution in [3.63, 3.8) is 0 Å². The summed E-state index contributed by atoms with van der Waals surface area (Å²) in [5, 5.41) is 22.2. The van der Waals surface area contributed by atoms with Crippen LogP contribution in [0.25, 0.3) is 11.0 Å². The van der Waals surface area contributed by atoms with Crippen molar-refractivity contribution in [2.45, 2.75) is 13.5 Å². The van der Waals surface area contributed by atoms with Gasteiger partial charge in [-0.05, 0) is 30.7 Å². The number of hydrogen-bond acceptors (Lipinski definition) is 5. The monoisotopic (exact) mass is 363 g/mol. The van der Waals surface area contributed by atoms with Gasteiger partial charge < -0.3 is 19.9 Å². The smallest absolute Gasteiger partial charge is 0.352 e. The van der Waals surface area contributed by atoms with Crippen molar-refractivity contribution in [2.24, 2.45) is 0 Å². The molecule has 0 aliphatic carbocycles. The van der Waals surface area contributed by atoms with Crippen LogP contribution in [0.5, 0.6) is 5.75 Å². The van der Waals surface area contributed by atoms with Gasteiger partial charge in [0.1, 0.15) is 23.5 Å². The Bertz CT molecular complexity index is 1120. The number of hydrogen-bond donors (Lipinski definition) is 3. The summed E-state index contributed by atoms with van der Waals surface area (Å²) in [5.74, 6) is 4.06. The SMILES string of the molecule is Cc1ccc(CNC(=O)c2ccc3oc(=O)c(C#CCO)cc3c2O)cc1. The van der Waals surface area contributed by atoms with Crippen LogP contribution in [0.3, 0.4) is 0 Å². The fraction of sp³-hybridized carbons (Fsp3) is 0.143. The Morgan fingerprint density at radius 1 is 1.19 bits per heavy atom. The number of aliphatic hydroxyl groups is 1. The first-order valence-electron chi connectivity index (χ1n) is 8.23. The van der Waals surface area contributed by atoms with Crippen molar-refractivity contribution in [1.29, 1.82) is 0 Å². The molecule has 3 N–H and O–H groups in total. The molecule has 0 bridgehead atoms. The Morgan fingerprint density at radius 2 is 1.93 bits per heavy atom. The number of phenolic OH excluding ortho intramolecular Hbond substituents is 1. The zero-order chi connectivity index (χ0) is 19.4. The first kappa shape index (κ1) is 18.2. The molecule has 0 spiro atoms. The lowest BCUT2D eigenvalue weighted by molar-refractivity contribution is 0.0948. The van der Waals surface area contributed by atoms with E-state index in [9.17, 15) is 14.7 Å². The first-order valence-corrected chi connectivity index (χ1v) is 8.23. The molecule has 0 radical (unpaired) electrons. The minimum atomic E-state index is -0.681. The zero-order valence-electron chi connectivity index (χ0n) is 14.6. The molecule has 1 amide bonds. The Balaban J connectivity index is 1.90. The summed E-state index contributed by atoms with van der Waals surface area (Å²) in [7, 11) is 0. The van der Waals surface area contributed by atoms with Crippen LogP contribution in [0.15, 0.2) is 51.7 Å². The van der Waals surface area contributed by atoms with Gasteiger partial charge in [0.2, 0.25) is 0 Å². The van der Waals surface area contributed by atoms with E-state index >= 15 is 0 Å². The Hall–Kier alpha value is -3.56. The molecule has 27 heavy (non-hydrogen) atoms. The number of nitrogens with one attached hydrogen (secondary N) is 1. The molecule has 3 aromatic rings. The highest BCUT2D eigenvalue weighted by Crippen LogP contribution is 2.28. The van der Waals surface area contributed by atoms with Crippen molar-refractivity contribution in [1.82, 2.24) is 5.32 Å². The summed E-state index contributed by atoms with van der Waals surface area (Å²) in [6, 6.07) is 11.9. The van der Waals surface area contributed by atoms with E-state index in [1.54, 1.807) is 0 Å². The summed E-state index contributed by atoms with van der Waals surface area (Å²) in [5.41, 5.74) is 1.57. The second-order valence-electron chi connectivity index (χ2n) is 5.95.